The van der Waals surface area contributed by atoms with Gasteiger partial charge < -0.3 is 8.97 Å². The average molecular weight is 313 g/mol. The molecule has 22 heavy (non-hydrogen) atoms. The van der Waals surface area contributed by atoms with E-state index in [1.807, 2.05) is 0 Å². The fraction of sp³-hybridized carbons (Fsp3) is 1.00. The van der Waals surface area contributed by atoms with Gasteiger partial charge >= 0.3 is 0 Å². The molecule has 0 aromatic heterocycles. The van der Waals surface area contributed by atoms with Crippen LogP contribution in [0.3, 0.4) is 0 Å². The van der Waals surface area contributed by atoms with E-state index in [1.54, 1.807) is 0 Å². The highest BCUT2D eigenvalue weighted by molar-refractivity contribution is 4.92. The molecule has 2 aliphatic heterocycles. The van der Waals surface area contributed by atoms with Gasteiger partial charge in [0.1, 0.15) is 0 Å². The van der Waals surface area contributed by atoms with Crippen LogP contribution in [-0.4, -0.2) is 61.3 Å². The Labute approximate surface area is 141 Å². The maximum Gasteiger partial charge on any atom is 0.0984 e. The molecule has 0 aromatic carbocycles. The van der Waals surface area contributed by atoms with Crippen molar-refractivity contribution in [3.05, 3.63) is 0 Å². The highest BCUT2D eigenvalue weighted by Gasteiger charge is 2.54. The smallest absolute Gasteiger partial charge is 0.0984 e. The Bertz CT molecular complexity index is 381. The molecular weight excluding hydrogens is 268 g/mol. The van der Waals surface area contributed by atoms with E-state index in [2.05, 4.69) is 83.6 Å². The van der Waals surface area contributed by atoms with Crippen molar-refractivity contribution in [2.75, 3.05) is 41.3 Å². The van der Waals surface area contributed by atoms with Crippen LogP contribution in [0.25, 0.3) is 0 Å². The third-order valence-electron chi connectivity index (χ3n) is 8.74. The lowest BCUT2D eigenvalue weighted by Crippen LogP contribution is -2.56. The molecule has 0 aliphatic carbocycles. The fourth-order valence-electron chi connectivity index (χ4n) is 4.32. The van der Waals surface area contributed by atoms with E-state index in [0.717, 1.165) is 11.8 Å². The summed E-state index contributed by atoms with van der Waals surface area (Å²) in [4.78, 5) is 0. The lowest BCUT2D eigenvalue weighted by Gasteiger charge is -2.44. The zero-order valence-corrected chi connectivity index (χ0v) is 17.7. The summed E-state index contributed by atoms with van der Waals surface area (Å²) in [5.41, 5.74) is 1.38. The Morgan fingerprint density at radius 3 is 1.32 bits per heavy atom. The molecule has 2 heteroatoms. The molecule has 2 nitrogen and oxygen atoms in total. The Hall–Kier alpha value is -0.0800. The minimum atomic E-state index is 0.424. The van der Waals surface area contributed by atoms with Crippen molar-refractivity contribution < 1.29 is 8.97 Å². The molecule has 2 aliphatic rings. The molecule has 132 valence electrons. The van der Waals surface area contributed by atoms with Crippen LogP contribution in [-0.2, 0) is 0 Å². The van der Waals surface area contributed by atoms with Crippen LogP contribution < -0.4 is 0 Å². The number of hydrogen-bond donors (Lipinski definition) is 0. The van der Waals surface area contributed by atoms with E-state index in [-0.39, 0.29) is 0 Å². The van der Waals surface area contributed by atoms with E-state index >= 15 is 0 Å². The van der Waals surface area contributed by atoms with Gasteiger partial charge in [0.2, 0.25) is 0 Å². The average Bonchev–Trinajstić information content (AvgIpc) is 2.56. The molecule has 0 N–H and O–H groups in total. The second-order valence-corrected chi connectivity index (χ2v) is 10.9. The minimum Gasteiger partial charge on any atom is -0.324 e. The molecule has 0 aromatic rings. The van der Waals surface area contributed by atoms with E-state index in [4.69, 9.17) is 0 Å². The molecule has 2 unspecified atom stereocenters. The Morgan fingerprint density at radius 1 is 0.773 bits per heavy atom. The van der Waals surface area contributed by atoms with Crippen LogP contribution in [0.1, 0.15) is 61.8 Å². The molecule has 2 rings (SSSR count). The van der Waals surface area contributed by atoms with Gasteiger partial charge in [-0.3, -0.25) is 0 Å². The third-order valence-corrected chi connectivity index (χ3v) is 8.74. The standard InChI is InChI=1S/2C10H22N/c1-9(2)7-8-11(5,6)10(9,3)4;1-8-7-11(5,6)10(3,4)9(8)2/h7-8H2,1-6H3;8-9H,7H2,1-6H3/q2*+1. The summed E-state index contributed by atoms with van der Waals surface area (Å²) in [7, 11) is 9.38. The van der Waals surface area contributed by atoms with Gasteiger partial charge in [-0.05, 0) is 27.7 Å². The Kier molecular flexibility index (Phi) is 4.97. The summed E-state index contributed by atoms with van der Waals surface area (Å²) in [6.45, 7) is 21.7. The SMILES string of the molecule is CC1(C)CC[N+](C)(C)C1(C)C.CC1C[N+](C)(C)C(C)(C)C1C. The van der Waals surface area contributed by atoms with Gasteiger partial charge in [0.15, 0.2) is 0 Å². The van der Waals surface area contributed by atoms with E-state index in [9.17, 15) is 0 Å². The predicted octanol–water partition coefficient (Wildman–Crippen LogP) is 4.40. The van der Waals surface area contributed by atoms with Gasteiger partial charge in [-0.15, -0.1) is 0 Å². The fourth-order valence-corrected chi connectivity index (χ4v) is 4.32. The van der Waals surface area contributed by atoms with Crippen LogP contribution in [0.4, 0.5) is 0 Å². The van der Waals surface area contributed by atoms with Crippen molar-refractivity contribution in [3.63, 3.8) is 0 Å². The zero-order valence-electron chi connectivity index (χ0n) is 17.7. The van der Waals surface area contributed by atoms with Crippen molar-refractivity contribution in [2.45, 2.75) is 72.9 Å². The van der Waals surface area contributed by atoms with Crippen molar-refractivity contribution in [1.82, 2.24) is 0 Å². The van der Waals surface area contributed by atoms with Crippen molar-refractivity contribution in [2.24, 2.45) is 17.3 Å². The monoisotopic (exact) mass is 312 g/mol. The highest BCUT2D eigenvalue weighted by atomic mass is 15.4. The molecular formula is C20H44N2+2. The van der Waals surface area contributed by atoms with Crippen molar-refractivity contribution >= 4 is 0 Å². The first-order valence-corrected chi connectivity index (χ1v) is 9.16. The lowest BCUT2D eigenvalue weighted by molar-refractivity contribution is -0.928. The second-order valence-electron chi connectivity index (χ2n) is 10.9. The predicted molar refractivity (Wildman–Crippen MR) is 98.8 cm³/mol. The second kappa shape index (κ2) is 5.48. The Balaban J connectivity index is 0.000000220. The van der Waals surface area contributed by atoms with Gasteiger partial charge in [0, 0.05) is 23.7 Å². The number of nitrogens with zero attached hydrogens (tertiary/aromatic N) is 2. The van der Waals surface area contributed by atoms with E-state index in [1.165, 1.54) is 28.5 Å². The lowest BCUT2D eigenvalue weighted by atomic mass is 9.75. The third kappa shape index (κ3) is 2.98. The largest absolute Gasteiger partial charge is 0.324 e. The summed E-state index contributed by atoms with van der Waals surface area (Å²) >= 11 is 0. The summed E-state index contributed by atoms with van der Waals surface area (Å²) < 4.78 is 2.34. The molecule has 0 radical (unpaired) electrons. The van der Waals surface area contributed by atoms with Gasteiger partial charge in [-0.2, -0.15) is 0 Å². The summed E-state index contributed by atoms with van der Waals surface area (Å²) in [5.74, 6) is 1.72. The first-order chi connectivity index (χ1) is 9.50. The van der Waals surface area contributed by atoms with Crippen LogP contribution in [0.15, 0.2) is 0 Å². The molecule has 2 fully saturated rings. The first kappa shape index (κ1) is 20.0. The van der Waals surface area contributed by atoms with Crippen LogP contribution >= 0.6 is 0 Å². The van der Waals surface area contributed by atoms with Crippen LogP contribution in [0.2, 0.25) is 0 Å². The molecule has 2 saturated heterocycles. The molecule has 0 saturated carbocycles. The summed E-state index contributed by atoms with van der Waals surface area (Å²) in [6.07, 6.45) is 1.35. The topological polar surface area (TPSA) is 0 Å². The van der Waals surface area contributed by atoms with E-state index < -0.39 is 0 Å². The van der Waals surface area contributed by atoms with E-state index in [0.29, 0.717) is 16.5 Å². The summed E-state index contributed by atoms with van der Waals surface area (Å²) in [5, 5.41) is 0. The maximum absolute atomic E-state index is 2.39. The minimum absolute atomic E-state index is 0.424. The molecule has 0 bridgehead atoms. The van der Waals surface area contributed by atoms with Crippen LogP contribution in [0, 0.1) is 17.3 Å². The summed E-state index contributed by atoms with van der Waals surface area (Å²) in [6, 6.07) is 0. The van der Waals surface area contributed by atoms with Gasteiger partial charge in [-0.25, -0.2) is 0 Å². The number of likely N-dealkylation sites (tertiary alicyclic amines) is 2. The maximum atomic E-state index is 2.39. The molecule has 0 spiro atoms. The zero-order chi connectivity index (χ0) is 17.8. The van der Waals surface area contributed by atoms with Gasteiger partial charge in [0.25, 0.3) is 0 Å². The first-order valence-electron chi connectivity index (χ1n) is 9.16. The quantitative estimate of drug-likeness (QED) is 0.582. The van der Waals surface area contributed by atoms with Gasteiger partial charge in [-0.1, -0.05) is 27.7 Å². The number of quaternary nitrogens is 2. The number of hydrogen-bond acceptors (Lipinski definition) is 0. The normalized spacial score (nSPS) is 36.5. The van der Waals surface area contributed by atoms with Gasteiger partial charge in [0.05, 0.1) is 52.4 Å². The van der Waals surface area contributed by atoms with Crippen molar-refractivity contribution in [1.29, 1.82) is 0 Å². The highest BCUT2D eigenvalue weighted by Crippen LogP contribution is 2.47. The molecule has 2 heterocycles. The van der Waals surface area contributed by atoms with Crippen molar-refractivity contribution in [3.8, 4) is 0 Å². The van der Waals surface area contributed by atoms with Crippen LogP contribution in [0.5, 0.6) is 0 Å². The Morgan fingerprint density at radius 2 is 1.23 bits per heavy atom. The number of rotatable bonds is 0. The molecule has 0 amide bonds. The molecule has 2 atom stereocenters.